The van der Waals surface area contributed by atoms with E-state index in [1.165, 1.54) is 17.1 Å². The van der Waals surface area contributed by atoms with Crippen molar-refractivity contribution in [3.8, 4) is 0 Å². The van der Waals surface area contributed by atoms with Crippen LogP contribution >= 0.6 is 23.1 Å². The van der Waals surface area contributed by atoms with Gasteiger partial charge in [0.15, 0.2) is 0 Å². The highest BCUT2D eigenvalue weighted by Gasteiger charge is 2.20. The quantitative estimate of drug-likeness (QED) is 0.876. The topological polar surface area (TPSA) is 12.0 Å². The van der Waals surface area contributed by atoms with Gasteiger partial charge in [-0.15, -0.1) is 11.3 Å². The van der Waals surface area contributed by atoms with Crippen LogP contribution in [0.5, 0.6) is 0 Å². The van der Waals surface area contributed by atoms with Gasteiger partial charge in [-0.3, -0.25) is 0 Å². The fraction of sp³-hybridized carbons (Fsp3) is 0.286. The van der Waals surface area contributed by atoms with Crippen LogP contribution in [0, 0.1) is 5.82 Å². The molecule has 0 amide bonds. The molecule has 0 bridgehead atoms. The van der Waals surface area contributed by atoms with E-state index in [-0.39, 0.29) is 5.82 Å². The molecule has 2 aromatic rings. The summed E-state index contributed by atoms with van der Waals surface area (Å²) in [5.41, 5.74) is 1.03. The Morgan fingerprint density at radius 2 is 2.22 bits per heavy atom. The zero-order valence-corrected chi connectivity index (χ0v) is 11.5. The van der Waals surface area contributed by atoms with Gasteiger partial charge in [0.1, 0.15) is 5.82 Å². The van der Waals surface area contributed by atoms with Crippen LogP contribution < -0.4 is 5.32 Å². The maximum atomic E-state index is 13.6. The van der Waals surface area contributed by atoms with Crippen molar-refractivity contribution in [2.75, 3.05) is 0 Å². The van der Waals surface area contributed by atoms with E-state index in [0.29, 0.717) is 6.04 Å². The van der Waals surface area contributed by atoms with Crippen LogP contribution in [0.3, 0.4) is 0 Å². The Hall–Kier alpha value is -0.840. The number of benzene rings is 1. The largest absolute Gasteiger partial charge is 0.310 e. The molecule has 1 aliphatic rings. The average Bonchev–Trinajstić information content (AvgIpc) is 3.04. The summed E-state index contributed by atoms with van der Waals surface area (Å²) in [7, 11) is 0. The molecule has 1 aliphatic carbocycles. The summed E-state index contributed by atoms with van der Waals surface area (Å²) >= 11 is 3.31. The van der Waals surface area contributed by atoms with Crippen LogP contribution in [-0.4, -0.2) is 6.04 Å². The second kappa shape index (κ2) is 5.43. The summed E-state index contributed by atoms with van der Waals surface area (Å²) in [5, 5.41) is 5.45. The van der Waals surface area contributed by atoms with Gasteiger partial charge < -0.3 is 5.32 Å². The maximum absolute atomic E-state index is 13.6. The Balaban J connectivity index is 1.72. The zero-order valence-electron chi connectivity index (χ0n) is 9.86. The molecular weight excluding hydrogens is 265 g/mol. The average molecular weight is 279 g/mol. The van der Waals surface area contributed by atoms with E-state index < -0.39 is 0 Å². The van der Waals surface area contributed by atoms with Gasteiger partial charge in [-0.05, 0) is 48.1 Å². The van der Waals surface area contributed by atoms with Gasteiger partial charge >= 0.3 is 0 Å². The van der Waals surface area contributed by atoms with E-state index in [1.807, 2.05) is 11.4 Å². The lowest BCUT2D eigenvalue weighted by Gasteiger charge is -2.06. The summed E-state index contributed by atoms with van der Waals surface area (Å²) in [6.07, 6.45) is 2.51. The molecule has 1 heterocycles. The molecule has 0 aliphatic heterocycles. The molecule has 1 fully saturated rings. The molecule has 0 radical (unpaired) electrons. The Kier molecular flexibility index (Phi) is 3.68. The van der Waals surface area contributed by atoms with Gasteiger partial charge in [-0.25, -0.2) is 4.39 Å². The van der Waals surface area contributed by atoms with E-state index in [2.05, 4.69) is 17.4 Å². The molecule has 1 saturated carbocycles. The van der Waals surface area contributed by atoms with Crippen molar-refractivity contribution in [2.45, 2.75) is 34.5 Å². The Labute approximate surface area is 114 Å². The fourth-order valence-corrected chi connectivity index (χ4v) is 3.63. The molecule has 0 atom stereocenters. The summed E-state index contributed by atoms with van der Waals surface area (Å²) in [6.45, 7) is 0.764. The number of halogens is 1. The van der Waals surface area contributed by atoms with Gasteiger partial charge in [-0.2, -0.15) is 0 Å². The molecule has 4 heteroatoms. The minimum Gasteiger partial charge on any atom is -0.310 e. The van der Waals surface area contributed by atoms with Crippen molar-refractivity contribution in [1.82, 2.24) is 5.32 Å². The molecule has 1 aromatic heterocycles. The van der Waals surface area contributed by atoms with E-state index in [1.54, 1.807) is 35.2 Å². The Morgan fingerprint density at radius 3 is 2.94 bits per heavy atom. The number of rotatable bonds is 5. The molecule has 0 spiro atoms. The standard InChI is InChI=1S/C14H14FNS2/c15-11-6-10(9-16-12-3-4-12)7-13(8-11)18-14-2-1-5-17-14/h1-2,5-8,12,16H,3-4,9H2. The smallest absolute Gasteiger partial charge is 0.124 e. The van der Waals surface area contributed by atoms with Gasteiger partial charge in [0, 0.05) is 17.5 Å². The highest BCUT2D eigenvalue weighted by Crippen LogP contribution is 2.32. The maximum Gasteiger partial charge on any atom is 0.124 e. The molecular formula is C14H14FNS2. The molecule has 0 unspecified atom stereocenters. The van der Waals surface area contributed by atoms with E-state index in [4.69, 9.17) is 0 Å². The number of hydrogen-bond donors (Lipinski definition) is 1. The lowest BCUT2D eigenvalue weighted by molar-refractivity contribution is 0.615. The summed E-state index contributed by atoms with van der Waals surface area (Å²) in [6, 6.07) is 10.0. The minimum absolute atomic E-state index is 0.149. The first-order chi connectivity index (χ1) is 8.79. The van der Waals surface area contributed by atoms with Crippen molar-refractivity contribution < 1.29 is 4.39 Å². The molecule has 94 valence electrons. The lowest BCUT2D eigenvalue weighted by Crippen LogP contribution is -2.15. The van der Waals surface area contributed by atoms with E-state index in [9.17, 15) is 4.39 Å². The first-order valence-electron chi connectivity index (χ1n) is 6.04. The van der Waals surface area contributed by atoms with Crippen molar-refractivity contribution in [2.24, 2.45) is 0 Å². The SMILES string of the molecule is Fc1cc(CNC2CC2)cc(Sc2cccs2)c1. The lowest BCUT2D eigenvalue weighted by atomic mass is 10.2. The third kappa shape index (κ3) is 3.34. The van der Waals surface area contributed by atoms with Crippen molar-refractivity contribution in [1.29, 1.82) is 0 Å². The van der Waals surface area contributed by atoms with Crippen LogP contribution in [0.25, 0.3) is 0 Å². The Morgan fingerprint density at radius 1 is 1.33 bits per heavy atom. The van der Waals surface area contributed by atoms with Crippen LogP contribution in [-0.2, 0) is 6.54 Å². The number of hydrogen-bond acceptors (Lipinski definition) is 3. The van der Waals surface area contributed by atoms with Crippen molar-refractivity contribution >= 4 is 23.1 Å². The molecule has 1 aromatic carbocycles. The third-order valence-electron chi connectivity index (χ3n) is 2.82. The number of thiophene rings is 1. The van der Waals surface area contributed by atoms with Gasteiger partial charge in [-0.1, -0.05) is 17.8 Å². The summed E-state index contributed by atoms with van der Waals surface area (Å²) < 4.78 is 14.8. The van der Waals surface area contributed by atoms with Gasteiger partial charge in [0.2, 0.25) is 0 Å². The molecule has 1 nitrogen and oxygen atoms in total. The first-order valence-corrected chi connectivity index (χ1v) is 7.73. The normalized spacial score (nSPS) is 14.9. The highest BCUT2D eigenvalue weighted by atomic mass is 32.2. The van der Waals surface area contributed by atoms with Crippen LogP contribution in [0.2, 0.25) is 0 Å². The van der Waals surface area contributed by atoms with Crippen LogP contribution in [0.15, 0.2) is 44.8 Å². The van der Waals surface area contributed by atoms with Crippen molar-refractivity contribution in [3.63, 3.8) is 0 Å². The fourth-order valence-electron chi connectivity index (χ4n) is 1.77. The first kappa shape index (κ1) is 12.2. The number of nitrogens with one attached hydrogen (secondary N) is 1. The summed E-state index contributed by atoms with van der Waals surface area (Å²) in [5.74, 6) is -0.149. The second-order valence-electron chi connectivity index (χ2n) is 4.48. The molecule has 3 rings (SSSR count). The molecule has 0 saturated heterocycles. The summed E-state index contributed by atoms with van der Waals surface area (Å²) in [4.78, 5) is 0.977. The molecule has 18 heavy (non-hydrogen) atoms. The Bertz CT molecular complexity index is 521. The predicted octanol–water partition coefficient (Wildman–Crippen LogP) is 4.29. The van der Waals surface area contributed by atoms with E-state index in [0.717, 1.165) is 17.0 Å². The van der Waals surface area contributed by atoms with Crippen LogP contribution in [0.4, 0.5) is 4.39 Å². The third-order valence-corrected chi connectivity index (χ3v) is 4.83. The van der Waals surface area contributed by atoms with Crippen LogP contribution in [0.1, 0.15) is 18.4 Å². The molecule has 1 N–H and O–H groups in total. The zero-order chi connectivity index (χ0) is 12.4. The highest BCUT2D eigenvalue weighted by molar-refractivity contribution is 8.01. The minimum atomic E-state index is -0.149. The van der Waals surface area contributed by atoms with Gasteiger partial charge in [0.05, 0.1) is 4.21 Å². The second-order valence-corrected chi connectivity index (χ2v) is 6.81. The predicted molar refractivity (Wildman–Crippen MR) is 74.7 cm³/mol. The van der Waals surface area contributed by atoms with E-state index >= 15 is 0 Å². The van der Waals surface area contributed by atoms with Gasteiger partial charge in [0.25, 0.3) is 0 Å². The van der Waals surface area contributed by atoms with Crippen molar-refractivity contribution in [3.05, 3.63) is 47.1 Å². The monoisotopic (exact) mass is 279 g/mol.